The minimum atomic E-state index is -6.21. The number of aryl methyl sites for hydroxylation is 1. The summed E-state index contributed by atoms with van der Waals surface area (Å²) in [6.07, 6.45) is 0.304. The number of allylic oxidation sites excluding steroid dienone is 2. The van der Waals surface area contributed by atoms with Crippen LogP contribution in [0.15, 0.2) is 141 Å². The zero-order valence-electron chi connectivity index (χ0n) is 60.8. The number of aromatic nitrogens is 1. The van der Waals surface area contributed by atoms with E-state index in [0.717, 1.165) is 68.4 Å². The average Bonchev–Trinajstić information content (AvgIpc) is 1.56. The Morgan fingerprint density at radius 3 is 2.09 bits per heavy atom. The van der Waals surface area contributed by atoms with Crippen LogP contribution < -0.4 is 25.6 Å². The number of carbonyl (C=O) groups is 5. The second kappa shape index (κ2) is 35.2. The molecule has 4 atom stereocenters. The molecule has 0 radical (unpaired) electrons. The Morgan fingerprint density at radius 2 is 1.45 bits per heavy atom. The fraction of sp³-hybridized carbons (Fsp3) is 0.526. The number of piperazine rings is 2. The Morgan fingerprint density at radius 1 is 0.781 bits per heavy atom. The summed E-state index contributed by atoms with van der Waals surface area (Å²) in [5.41, 5.74) is 0.892. The second-order valence-electron chi connectivity index (χ2n) is 29.7. The van der Waals surface area contributed by atoms with Crippen molar-refractivity contribution >= 4 is 83.9 Å². The van der Waals surface area contributed by atoms with Crippen LogP contribution in [0.4, 0.5) is 37.7 Å². The smallest absolute Gasteiger partial charge is 0.380 e. The number of sulfonamides is 1. The highest BCUT2D eigenvalue weighted by Crippen LogP contribution is 2.43. The van der Waals surface area contributed by atoms with Gasteiger partial charge in [-0.15, -0.1) is 23.1 Å². The lowest BCUT2D eigenvalue weighted by molar-refractivity contribution is -0.144. The standard InChI is InChI=1S/C76H98F6N10O9S4/c1-51(31-35-75(77,78)79)62-32-34-74(7,8)47-57(62)48-89-40-42-90(43-41-89)59-27-25-56(26-28-59)70(95)87-105(100,101)61-29-30-63(65(46-61)104(98,99)76(80,81)82)85-58(49-102-60-16-11-9-12-17-60)33-37-88-38-44-91(45-39-88)67(94)20-14-10-13-19-66(93)86-69(73(4,5)6)72(97)92-36-15-18-64(92)71(96)84-52(2)54-21-23-55(24-22-54)68-53(3)83-50-103-68/h9,11-12,16-17,21-30,46,50,52,58,64,69,85H,1,10,13-15,18-20,31-45,47-49H2,2-8H3,(H,84,96)(H,86,93)(H,87,95)/t52-,58+,64-,69?/m0/s1. The number of benzene rings is 4. The van der Waals surface area contributed by atoms with Gasteiger partial charge in [-0.3, -0.25) is 33.8 Å². The van der Waals surface area contributed by atoms with Gasteiger partial charge >= 0.3 is 11.7 Å². The van der Waals surface area contributed by atoms with Crippen LogP contribution in [0.5, 0.6) is 0 Å². The summed E-state index contributed by atoms with van der Waals surface area (Å²) in [6.45, 7) is 23.4. The Kier molecular flexibility index (Phi) is 27.4. The van der Waals surface area contributed by atoms with Crippen molar-refractivity contribution in [3.05, 3.63) is 143 Å². The minimum Gasteiger partial charge on any atom is -0.380 e. The van der Waals surface area contributed by atoms with Gasteiger partial charge in [-0.2, -0.15) is 26.3 Å². The molecule has 9 rings (SSSR count). The lowest BCUT2D eigenvalue weighted by Crippen LogP contribution is -2.57. The van der Waals surface area contributed by atoms with Gasteiger partial charge in [-0.25, -0.2) is 26.5 Å². The SMILES string of the molecule is C=C(CCC(F)(F)F)C1=C(CN2CCN(c3ccc(C(=O)NS(=O)(=O)c4ccc(N[C@H](CCN5CCN(C(=O)CCCCCC(=O)NC(C(=O)N6CCC[C@H]6C(=O)N[C@@H](C)c6ccc(-c7scnc7C)cc6)C(C)(C)C)CC5)CSc5ccccc5)c(S(=O)(=O)C(F)(F)F)c4)cc3)CC2)CC(C)(C)CC1. The fourth-order valence-electron chi connectivity index (χ4n) is 13.9. The van der Waals surface area contributed by atoms with E-state index in [4.69, 9.17) is 0 Å². The number of rotatable bonds is 30. The average molecular weight is 1540 g/mol. The molecule has 4 aliphatic rings. The number of hydrogen-bond donors (Lipinski definition) is 4. The largest absolute Gasteiger partial charge is 0.501 e. The Hall–Kier alpha value is -7.31. The van der Waals surface area contributed by atoms with Gasteiger partial charge in [-0.05, 0) is 154 Å². The highest BCUT2D eigenvalue weighted by molar-refractivity contribution is 7.99. The first-order valence-corrected chi connectivity index (χ1v) is 40.7. The van der Waals surface area contributed by atoms with Crippen molar-refractivity contribution in [3.63, 3.8) is 0 Å². The quantitative estimate of drug-likeness (QED) is 0.0190. The van der Waals surface area contributed by atoms with Crippen LogP contribution in [0.25, 0.3) is 10.4 Å². The molecule has 1 aromatic heterocycles. The molecule has 29 heteroatoms. The van der Waals surface area contributed by atoms with Crippen molar-refractivity contribution in [2.75, 3.05) is 88.0 Å². The molecule has 1 aliphatic carbocycles. The minimum absolute atomic E-state index is 0.00792. The van der Waals surface area contributed by atoms with Crippen molar-refractivity contribution in [3.8, 4) is 10.4 Å². The molecule has 105 heavy (non-hydrogen) atoms. The van der Waals surface area contributed by atoms with Crippen LogP contribution in [0.2, 0.25) is 0 Å². The number of anilines is 2. The number of thiazole rings is 1. The van der Waals surface area contributed by atoms with Gasteiger partial charge in [0.1, 0.15) is 17.0 Å². The molecule has 0 bridgehead atoms. The van der Waals surface area contributed by atoms with E-state index >= 15 is 0 Å². The number of carbonyl (C=O) groups excluding carboxylic acids is 5. The van der Waals surface area contributed by atoms with Crippen LogP contribution >= 0.6 is 23.1 Å². The van der Waals surface area contributed by atoms with Crippen LogP contribution in [0, 0.1) is 17.8 Å². The number of thioether (sulfide) groups is 1. The van der Waals surface area contributed by atoms with Gasteiger partial charge in [0.05, 0.1) is 32.7 Å². The molecule has 19 nitrogen and oxygen atoms in total. The zero-order chi connectivity index (χ0) is 76.2. The Labute approximate surface area is 621 Å². The maximum atomic E-state index is 14.6. The molecule has 572 valence electrons. The monoisotopic (exact) mass is 1540 g/mol. The molecule has 4 aromatic carbocycles. The van der Waals surface area contributed by atoms with Crippen LogP contribution in [0.3, 0.4) is 0 Å². The number of likely N-dealkylation sites (tertiary alicyclic amines) is 1. The molecule has 5 aromatic rings. The molecule has 3 fully saturated rings. The summed E-state index contributed by atoms with van der Waals surface area (Å²) in [6, 6.07) is 22.9. The van der Waals surface area contributed by atoms with E-state index in [0.29, 0.717) is 122 Å². The van der Waals surface area contributed by atoms with Gasteiger partial charge < -0.3 is 30.7 Å². The number of nitrogens with one attached hydrogen (secondary N) is 4. The van der Waals surface area contributed by atoms with E-state index in [1.54, 1.807) is 33.3 Å². The second-order valence-corrected chi connectivity index (χ2v) is 35.2. The third kappa shape index (κ3) is 22.4. The van der Waals surface area contributed by atoms with Gasteiger partial charge in [0.2, 0.25) is 23.6 Å². The number of halogens is 6. The lowest BCUT2D eigenvalue weighted by Gasteiger charge is -2.40. The highest BCUT2D eigenvalue weighted by Gasteiger charge is 2.49. The van der Waals surface area contributed by atoms with E-state index in [1.165, 1.54) is 23.9 Å². The van der Waals surface area contributed by atoms with Crippen molar-refractivity contribution in [2.45, 2.75) is 182 Å². The van der Waals surface area contributed by atoms with Crippen molar-refractivity contribution in [1.29, 1.82) is 0 Å². The van der Waals surface area contributed by atoms with Crippen molar-refractivity contribution in [2.24, 2.45) is 10.8 Å². The van der Waals surface area contributed by atoms with Gasteiger partial charge in [0.15, 0.2) is 0 Å². The van der Waals surface area contributed by atoms with E-state index in [1.807, 2.05) is 99.4 Å². The summed E-state index contributed by atoms with van der Waals surface area (Å²) in [7, 11) is -11.2. The molecular formula is C76H98F6N10O9S4. The third-order valence-corrected chi connectivity index (χ3v) is 25.1. The van der Waals surface area contributed by atoms with Gasteiger partial charge in [0.25, 0.3) is 25.8 Å². The summed E-state index contributed by atoms with van der Waals surface area (Å²) in [4.78, 5) is 82.3. The number of hydrogen-bond acceptors (Lipinski definition) is 16. The van der Waals surface area contributed by atoms with E-state index in [2.05, 4.69) is 56.1 Å². The Balaban J connectivity index is 0.742. The van der Waals surface area contributed by atoms with Gasteiger partial charge in [0, 0.05) is 119 Å². The molecule has 5 amide bonds. The van der Waals surface area contributed by atoms with E-state index in [-0.39, 0.29) is 72.1 Å². The molecule has 0 saturated carbocycles. The fourth-order valence-corrected chi connectivity index (χ4v) is 17.7. The summed E-state index contributed by atoms with van der Waals surface area (Å²) in [5, 5.41) is 9.07. The maximum absolute atomic E-state index is 14.6. The normalized spacial score (nSPS) is 18.1. The molecule has 4 heterocycles. The van der Waals surface area contributed by atoms with Crippen molar-refractivity contribution < 1.29 is 67.2 Å². The molecule has 0 spiro atoms. The first-order valence-electron chi connectivity index (χ1n) is 35.9. The number of amides is 5. The molecule has 3 aliphatic heterocycles. The number of sulfone groups is 1. The lowest BCUT2D eigenvalue weighted by atomic mass is 9.72. The number of unbranched alkanes of at least 4 members (excludes halogenated alkanes) is 2. The first kappa shape index (κ1) is 81.8. The zero-order valence-corrected chi connectivity index (χ0v) is 64.0. The predicted octanol–water partition coefficient (Wildman–Crippen LogP) is 13.5. The van der Waals surface area contributed by atoms with Crippen molar-refractivity contribution in [1.82, 2.24) is 39.9 Å². The Bertz CT molecular complexity index is 4130. The summed E-state index contributed by atoms with van der Waals surface area (Å²) < 4.78 is 140. The summed E-state index contributed by atoms with van der Waals surface area (Å²) in [5.74, 6) is -1.80. The van der Waals surface area contributed by atoms with Crippen LogP contribution in [0.1, 0.15) is 153 Å². The maximum Gasteiger partial charge on any atom is 0.501 e. The highest BCUT2D eigenvalue weighted by atomic mass is 32.2. The topological polar surface area (TPSA) is 231 Å². The van der Waals surface area contributed by atoms with Crippen LogP contribution in [-0.2, 0) is 39.0 Å². The molecule has 4 N–H and O–H groups in total. The molecule has 1 unspecified atom stereocenters. The van der Waals surface area contributed by atoms with Crippen LogP contribution in [-0.4, -0.2) is 179 Å². The molecule has 3 saturated heterocycles. The third-order valence-electron chi connectivity index (χ3n) is 20.1. The molecular weight excluding hydrogens is 1440 g/mol. The summed E-state index contributed by atoms with van der Waals surface area (Å²) >= 11 is 2.94. The van der Waals surface area contributed by atoms with E-state index < -0.39 is 82.9 Å². The number of alkyl halides is 6. The number of nitrogens with zero attached hydrogens (tertiary/aromatic N) is 6. The van der Waals surface area contributed by atoms with E-state index in [9.17, 15) is 67.2 Å². The predicted molar refractivity (Wildman–Crippen MR) is 399 cm³/mol. The van der Waals surface area contributed by atoms with Gasteiger partial charge in [-0.1, -0.05) is 101 Å². The first-order chi connectivity index (χ1) is 49.4.